The number of nitrogens with zero attached hydrogens (tertiary/aromatic N) is 2. The maximum Gasteiger partial charge on any atom is 0.212 e. The van der Waals surface area contributed by atoms with Gasteiger partial charge in [0, 0.05) is 24.2 Å². The van der Waals surface area contributed by atoms with Crippen LogP contribution in [-0.2, 0) is 13.2 Å². The number of hydrogen-bond acceptors (Lipinski definition) is 3. The molecule has 0 spiro atoms. The summed E-state index contributed by atoms with van der Waals surface area (Å²) in [5, 5.41) is 7.82. The average molecular weight is 363 g/mol. The number of aromatic nitrogens is 2. The highest BCUT2D eigenvalue weighted by Gasteiger charge is 2.18. The van der Waals surface area contributed by atoms with E-state index in [-0.39, 0.29) is 18.2 Å². The predicted molar refractivity (Wildman–Crippen MR) is 97.0 cm³/mol. The Kier molecular flexibility index (Phi) is 6.25. The largest absolute Gasteiger partial charge is 0.473 e. The van der Waals surface area contributed by atoms with Crippen molar-refractivity contribution < 1.29 is 13.5 Å². The van der Waals surface area contributed by atoms with E-state index in [2.05, 4.69) is 10.4 Å². The normalized spacial score (nSPS) is 16.2. The SMILES string of the molecule is CN[C@@H](C)c1cc(OCc2cc(F)ccc2F)n(CCC2CCCC2)n1. The van der Waals surface area contributed by atoms with E-state index in [0.717, 1.165) is 36.7 Å². The van der Waals surface area contributed by atoms with Crippen LogP contribution in [0.25, 0.3) is 0 Å². The third-order valence-electron chi connectivity index (χ3n) is 5.25. The van der Waals surface area contributed by atoms with Gasteiger partial charge in [-0.05, 0) is 44.5 Å². The van der Waals surface area contributed by atoms with E-state index in [4.69, 9.17) is 4.74 Å². The number of hydrogen-bond donors (Lipinski definition) is 1. The number of benzene rings is 1. The van der Waals surface area contributed by atoms with Crippen molar-refractivity contribution in [3.63, 3.8) is 0 Å². The summed E-state index contributed by atoms with van der Waals surface area (Å²) >= 11 is 0. The van der Waals surface area contributed by atoms with Gasteiger partial charge in [-0.15, -0.1) is 0 Å². The van der Waals surface area contributed by atoms with Crippen molar-refractivity contribution in [2.45, 2.75) is 58.2 Å². The van der Waals surface area contributed by atoms with Gasteiger partial charge in [0.25, 0.3) is 0 Å². The van der Waals surface area contributed by atoms with Gasteiger partial charge >= 0.3 is 0 Å². The lowest BCUT2D eigenvalue weighted by Crippen LogP contribution is -2.14. The second-order valence-corrected chi connectivity index (χ2v) is 7.10. The van der Waals surface area contributed by atoms with Gasteiger partial charge < -0.3 is 10.1 Å². The van der Waals surface area contributed by atoms with Gasteiger partial charge in [-0.25, -0.2) is 13.5 Å². The Morgan fingerprint density at radius 3 is 2.77 bits per heavy atom. The van der Waals surface area contributed by atoms with Crippen molar-refractivity contribution >= 4 is 0 Å². The molecular formula is C20H27F2N3O. The summed E-state index contributed by atoms with van der Waals surface area (Å²) in [6.07, 6.45) is 6.26. The molecule has 0 saturated heterocycles. The van der Waals surface area contributed by atoms with E-state index >= 15 is 0 Å². The standard InChI is InChI=1S/C20H27F2N3O/c1-14(23-2)19-12-20(25(24-19)10-9-15-5-3-4-6-15)26-13-16-11-17(21)7-8-18(16)22/h7-8,11-12,14-15,23H,3-6,9-10,13H2,1-2H3/t14-/m0/s1. The molecule has 142 valence electrons. The summed E-state index contributed by atoms with van der Waals surface area (Å²) in [6.45, 7) is 2.79. The van der Waals surface area contributed by atoms with Gasteiger partial charge in [0.15, 0.2) is 0 Å². The van der Waals surface area contributed by atoms with Crippen molar-refractivity contribution in [2.75, 3.05) is 7.05 Å². The number of ether oxygens (including phenoxy) is 1. The molecule has 1 aliphatic carbocycles. The van der Waals surface area contributed by atoms with Crippen LogP contribution in [-0.4, -0.2) is 16.8 Å². The molecule has 2 aromatic rings. The molecule has 3 rings (SSSR count). The first-order valence-corrected chi connectivity index (χ1v) is 9.38. The fourth-order valence-electron chi connectivity index (χ4n) is 3.46. The van der Waals surface area contributed by atoms with E-state index in [0.29, 0.717) is 5.88 Å². The Balaban J connectivity index is 1.72. The third kappa shape index (κ3) is 4.61. The van der Waals surface area contributed by atoms with Crippen LogP contribution in [0.4, 0.5) is 8.78 Å². The zero-order valence-corrected chi connectivity index (χ0v) is 15.5. The molecule has 1 fully saturated rings. The lowest BCUT2D eigenvalue weighted by atomic mass is 10.0. The molecule has 4 nitrogen and oxygen atoms in total. The molecule has 0 unspecified atom stereocenters. The van der Waals surface area contributed by atoms with Crippen molar-refractivity contribution in [3.8, 4) is 5.88 Å². The van der Waals surface area contributed by atoms with Gasteiger partial charge in [0.1, 0.15) is 18.2 Å². The molecule has 0 amide bonds. The minimum atomic E-state index is -0.468. The number of rotatable bonds is 8. The zero-order valence-electron chi connectivity index (χ0n) is 15.5. The molecule has 0 radical (unpaired) electrons. The second kappa shape index (κ2) is 8.62. The predicted octanol–water partition coefficient (Wildman–Crippen LogP) is 4.60. The molecule has 1 heterocycles. The number of halogens is 2. The van der Waals surface area contributed by atoms with E-state index in [9.17, 15) is 8.78 Å². The number of aryl methyl sites for hydroxylation is 1. The lowest BCUT2D eigenvalue weighted by Gasteiger charge is -2.12. The Morgan fingerprint density at radius 1 is 1.27 bits per heavy atom. The van der Waals surface area contributed by atoms with Gasteiger partial charge in [-0.3, -0.25) is 0 Å². The maximum absolute atomic E-state index is 13.8. The summed E-state index contributed by atoms with van der Waals surface area (Å²) in [6, 6.07) is 5.38. The summed E-state index contributed by atoms with van der Waals surface area (Å²) in [4.78, 5) is 0. The fourth-order valence-corrected chi connectivity index (χ4v) is 3.46. The van der Waals surface area contributed by atoms with Crippen LogP contribution in [0.15, 0.2) is 24.3 Å². The van der Waals surface area contributed by atoms with Crippen LogP contribution in [0, 0.1) is 17.6 Å². The first-order valence-electron chi connectivity index (χ1n) is 9.38. The molecule has 26 heavy (non-hydrogen) atoms. The van der Waals surface area contributed by atoms with Crippen molar-refractivity contribution in [1.82, 2.24) is 15.1 Å². The van der Waals surface area contributed by atoms with Crippen LogP contribution in [0.2, 0.25) is 0 Å². The smallest absolute Gasteiger partial charge is 0.212 e. The van der Waals surface area contributed by atoms with Gasteiger partial charge in [0.2, 0.25) is 5.88 Å². The lowest BCUT2D eigenvalue weighted by molar-refractivity contribution is 0.262. The van der Waals surface area contributed by atoms with Crippen LogP contribution >= 0.6 is 0 Å². The molecule has 1 atom stereocenters. The minimum Gasteiger partial charge on any atom is -0.473 e. The Labute approximate surface area is 153 Å². The Bertz CT molecular complexity index is 726. The molecule has 1 aromatic carbocycles. The van der Waals surface area contributed by atoms with E-state index in [1.54, 1.807) is 0 Å². The molecule has 0 bridgehead atoms. The van der Waals surface area contributed by atoms with Gasteiger partial charge in [-0.1, -0.05) is 25.7 Å². The van der Waals surface area contributed by atoms with Crippen LogP contribution in [0.3, 0.4) is 0 Å². The molecular weight excluding hydrogens is 336 g/mol. The highest BCUT2D eigenvalue weighted by molar-refractivity contribution is 5.21. The second-order valence-electron chi connectivity index (χ2n) is 7.10. The summed E-state index contributed by atoms with van der Waals surface area (Å²) in [7, 11) is 1.88. The van der Waals surface area contributed by atoms with Gasteiger partial charge in [-0.2, -0.15) is 5.10 Å². The Hall–Kier alpha value is -1.95. The van der Waals surface area contributed by atoms with Gasteiger partial charge in [0.05, 0.1) is 5.69 Å². The van der Waals surface area contributed by atoms with E-state index in [1.807, 2.05) is 24.7 Å². The first-order chi connectivity index (χ1) is 12.6. The molecule has 1 aliphatic rings. The quantitative estimate of drug-likeness (QED) is 0.745. The molecule has 1 N–H and O–H groups in total. The van der Waals surface area contributed by atoms with E-state index < -0.39 is 11.6 Å². The first kappa shape index (κ1) is 18.8. The fraction of sp³-hybridized carbons (Fsp3) is 0.550. The highest BCUT2D eigenvalue weighted by atomic mass is 19.1. The summed E-state index contributed by atoms with van der Waals surface area (Å²) in [5.41, 5.74) is 1.09. The summed E-state index contributed by atoms with van der Waals surface area (Å²) in [5.74, 6) is 0.415. The van der Waals surface area contributed by atoms with Crippen LogP contribution in [0.1, 0.15) is 56.3 Å². The topological polar surface area (TPSA) is 39.1 Å². The van der Waals surface area contributed by atoms with Crippen LogP contribution < -0.4 is 10.1 Å². The zero-order chi connectivity index (χ0) is 18.5. The van der Waals surface area contributed by atoms with E-state index in [1.165, 1.54) is 31.7 Å². The molecule has 6 heteroatoms. The minimum absolute atomic E-state index is 0.0217. The van der Waals surface area contributed by atoms with Crippen molar-refractivity contribution in [3.05, 3.63) is 47.2 Å². The highest BCUT2D eigenvalue weighted by Crippen LogP contribution is 2.29. The van der Waals surface area contributed by atoms with Crippen molar-refractivity contribution in [1.29, 1.82) is 0 Å². The molecule has 1 saturated carbocycles. The maximum atomic E-state index is 13.8. The monoisotopic (exact) mass is 363 g/mol. The third-order valence-corrected chi connectivity index (χ3v) is 5.25. The Morgan fingerprint density at radius 2 is 2.04 bits per heavy atom. The van der Waals surface area contributed by atoms with Crippen molar-refractivity contribution in [2.24, 2.45) is 5.92 Å². The molecule has 0 aliphatic heterocycles. The van der Waals surface area contributed by atoms with Crippen LogP contribution in [0.5, 0.6) is 5.88 Å². The summed E-state index contributed by atoms with van der Waals surface area (Å²) < 4.78 is 34.9. The number of nitrogens with one attached hydrogen (secondary N) is 1. The average Bonchev–Trinajstić information content (AvgIpc) is 3.29. The molecule has 1 aromatic heterocycles.